The van der Waals surface area contributed by atoms with Crippen LogP contribution < -0.4 is 11.1 Å². The lowest BCUT2D eigenvalue weighted by molar-refractivity contribution is -0.121. The predicted molar refractivity (Wildman–Crippen MR) is 120 cm³/mol. The summed E-state index contributed by atoms with van der Waals surface area (Å²) in [5, 5.41) is 3.04. The van der Waals surface area contributed by atoms with Gasteiger partial charge in [-0.05, 0) is 25.8 Å². The van der Waals surface area contributed by atoms with Crippen molar-refractivity contribution in [3.05, 3.63) is 0 Å². The smallest absolute Gasteiger partial charge is 0.219 e. The number of amides is 1. The SMILES string of the molecule is CCCCCCCCCCCCCCCCCC(=O)NCCCCCCN. The van der Waals surface area contributed by atoms with Crippen molar-refractivity contribution in [2.45, 2.75) is 135 Å². The predicted octanol–water partition coefficient (Wildman–Crippen LogP) is 6.88. The Morgan fingerprint density at radius 1 is 0.593 bits per heavy atom. The highest BCUT2D eigenvalue weighted by Crippen LogP contribution is 2.13. The highest BCUT2D eigenvalue weighted by atomic mass is 16.1. The minimum Gasteiger partial charge on any atom is -0.356 e. The molecule has 0 unspecified atom stereocenters. The fourth-order valence-corrected chi connectivity index (χ4v) is 3.60. The van der Waals surface area contributed by atoms with Crippen molar-refractivity contribution in [2.75, 3.05) is 13.1 Å². The van der Waals surface area contributed by atoms with E-state index in [9.17, 15) is 4.79 Å². The Kier molecular flexibility index (Phi) is 23.0. The van der Waals surface area contributed by atoms with Gasteiger partial charge in [-0.15, -0.1) is 0 Å². The van der Waals surface area contributed by atoms with E-state index in [0.717, 1.165) is 32.4 Å². The number of hydrogen-bond donors (Lipinski definition) is 2. The molecule has 0 aromatic heterocycles. The third kappa shape index (κ3) is 23.4. The van der Waals surface area contributed by atoms with Gasteiger partial charge in [0.25, 0.3) is 0 Å². The molecule has 0 spiro atoms. The van der Waals surface area contributed by atoms with Crippen molar-refractivity contribution >= 4 is 5.91 Å². The number of carbonyl (C=O) groups is 1. The van der Waals surface area contributed by atoms with E-state index < -0.39 is 0 Å². The topological polar surface area (TPSA) is 55.1 Å². The van der Waals surface area contributed by atoms with Crippen LogP contribution in [0.2, 0.25) is 0 Å². The van der Waals surface area contributed by atoms with E-state index in [2.05, 4.69) is 12.2 Å². The molecule has 0 radical (unpaired) electrons. The van der Waals surface area contributed by atoms with Crippen molar-refractivity contribution in [3.63, 3.8) is 0 Å². The molecular weight excluding hydrogens is 332 g/mol. The van der Waals surface area contributed by atoms with Crippen molar-refractivity contribution < 1.29 is 4.79 Å². The summed E-state index contributed by atoms with van der Waals surface area (Å²) < 4.78 is 0. The maximum Gasteiger partial charge on any atom is 0.219 e. The number of nitrogens with two attached hydrogens (primary N) is 1. The minimum absolute atomic E-state index is 0.239. The summed E-state index contributed by atoms with van der Waals surface area (Å²) in [6.07, 6.45) is 25.8. The molecule has 1 amide bonds. The maximum atomic E-state index is 11.7. The van der Waals surface area contributed by atoms with Crippen LogP contribution in [0.25, 0.3) is 0 Å². The van der Waals surface area contributed by atoms with Gasteiger partial charge in [0.05, 0.1) is 0 Å². The number of rotatable bonds is 22. The van der Waals surface area contributed by atoms with Crippen LogP contribution >= 0.6 is 0 Å². The molecule has 0 aromatic rings. The van der Waals surface area contributed by atoms with Gasteiger partial charge in [-0.1, -0.05) is 110 Å². The number of nitrogens with one attached hydrogen (secondary N) is 1. The molecule has 0 aliphatic rings. The lowest BCUT2D eigenvalue weighted by atomic mass is 10.0. The van der Waals surface area contributed by atoms with Crippen molar-refractivity contribution in [2.24, 2.45) is 5.73 Å². The van der Waals surface area contributed by atoms with Crippen LogP contribution in [0.1, 0.15) is 135 Å². The highest BCUT2D eigenvalue weighted by Gasteiger charge is 2.00. The molecular formula is C24H50N2O. The molecule has 27 heavy (non-hydrogen) atoms. The normalized spacial score (nSPS) is 11.0. The van der Waals surface area contributed by atoms with Crippen LogP contribution in [0.5, 0.6) is 0 Å². The lowest BCUT2D eigenvalue weighted by Crippen LogP contribution is -2.23. The molecule has 3 heteroatoms. The van der Waals surface area contributed by atoms with Gasteiger partial charge >= 0.3 is 0 Å². The number of hydrogen-bond acceptors (Lipinski definition) is 2. The van der Waals surface area contributed by atoms with Gasteiger partial charge in [-0.25, -0.2) is 0 Å². The Hall–Kier alpha value is -0.570. The van der Waals surface area contributed by atoms with Crippen LogP contribution in [0.15, 0.2) is 0 Å². The van der Waals surface area contributed by atoms with E-state index in [1.54, 1.807) is 0 Å². The standard InChI is InChI=1S/C24H50N2O/c1-2-3-4-5-6-7-8-9-10-11-12-13-14-15-18-21-24(27)26-23-20-17-16-19-22-25/h2-23,25H2,1H3,(H,26,27). The quantitative estimate of drug-likeness (QED) is 0.200. The zero-order valence-electron chi connectivity index (χ0n) is 18.5. The van der Waals surface area contributed by atoms with E-state index in [0.29, 0.717) is 6.42 Å². The molecule has 0 aliphatic carbocycles. The molecule has 0 heterocycles. The summed E-state index contributed by atoms with van der Waals surface area (Å²) in [6.45, 7) is 3.90. The largest absolute Gasteiger partial charge is 0.356 e. The summed E-state index contributed by atoms with van der Waals surface area (Å²) >= 11 is 0. The molecule has 0 bridgehead atoms. The molecule has 0 atom stereocenters. The van der Waals surface area contributed by atoms with E-state index in [1.165, 1.54) is 103 Å². The third-order valence-corrected chi connectivity index (χ3v) is 5.46. The third-order valence-electron chi connectivity index (χ3n) is 5.46. The second-order valence-corrected chi connectivity index (χ2v) is 8.25. The van der Waals surface area contributed by atoms with Crippen molar-refractivity contribution in [1.82, 2.24) is 5.32 Å². The first kappa shape index (κ1) is 26.4. The average molecular weight is 383 g/mol. The second kappa shape index (κ2) is 23.5. The van der Waals surface area contributed by atoms with Gasteiger partial charge in [0, 0.05) is 13.0 Å². The summed E-state index contributed by atoms with van der Waals surface area (Å²) in [5.74, 6) is 0.239. The molecule has 162 valence electrons. The van der Waals surface area contributed by atoms with Crippen LogP contribution in [0, 0.1) is 0 Å². The van der Waals surface area contributed by atoms with Gasteiger partial charge in [-0.2, -0.15) is 0 Å². The van der Waals surface area contributed by atoms with Crippen molar-refractivity contribution in [1.29, 1.82) is 0 Å². The van der Waals surface area contributed by atoms with Gasteiger partial charge in [0.15, 0.2) is 0 Å². The summed E-state index contributed by atoms with van der Waals surface area (Å²) in [5.41, 5.74) is 5.47. The van der Waals surface area contributed by atoms with E-state index in [1.807, 2.05) is 0 Å². The first-order valence-electron chi connectivity index (χ1n) is 12.3. The summed E-state index contributed by atoms with van der Waals surface area (Å²) in [7, 11) is 0. The molecule has 0 saturated heterocycles. The summed E-state index contributed by atoms with van der Waals surface area (Å²) in [4.78, 5) is 11.7. The van der Waals surface area contributed by atoms with Crippen molar-refractivity contribution in [3.8, 4) is 0 Å². The number of carbonyl (C=O) groups excluding carboxylic acids is 1. The van der Waals surface area contributed by atoms with Gasteiger partial charge < -0.3 is 11.1 Å². The zero-order chi connectivity index (χ0) is 19.8. The zero-order valence-corrected chi connectivity index (χ0v) is 18.5. The van der Waals surface area contributed by atoms with Crippen LogP contribution in [-0.2, 0) is 4.79 Å². The van der Waals surface area contributed by atoms with Gasteiger partial charge in [0.2, 0.25) is 5.91 Å². The van der Waals surface area contributed by atoms with E-state index >= 15 is 0 Å². The fourth-order valence-electron chi connectivity index (χ4n) is 3.60. The van der Waals surface area contributed by atoms with Crippen LogP contribution in [-0.4, -0.2) is 19.0 Å². The van der Waals surface area contributed by atoms with E-state index in [-0.39, 0.29) is 5.91 Å². The minimum atomic E-state index is 0.239. The molecule has 0 fully saturated rings. The van der Waals surface area contributed by atoms with Crippen LogP contribution in [0.4, 0.5) is 0 Å². The Balaban J connectivity index is 3.10. The maximum absolute atomic E-state index is 11.7. The first-order chi connectivity index (χ1) is 13.3. The average Bonchev–Trinajstić information content (AvgIpc) is 2.67. The Morgan fingerprint density at radius 2 is 1.00 bits per heavy atom. The lowest BCUT2D eigenvalue weighted by Gasteiger charge is -2.05. The summed E-state index contributed by atoms with van der Waals surface area (Å²) in [6, 6.07) is 0. The van der Waals surface area contributed by atoms with E-state index in [4.69, 9.17) is 5.73 Å². The molecule has 0 aliphatic heterocycles. The molecule has 0 saturated carbocycles. The first-order valence-corrected chi connectivity index (χ1v) is 12.3. The Labute approximate surface area is 170 Å². The van der Waals surface area contributed by atoms with Gasteiger partial charge in [-0.3, -0.25) is 4.79 Å². The monoisotopic (exact) mass is 382 g/mol. The highest BCUT2D eigenvalue weighted by molar-refractivity contribution is 5.75. The molecule has 0 rings (SSSR count). The Bertz CT molecular complexity index is 294. The van der Waals surface area contributed by atoms with Crippen LogP contribution in [0.3, 0.4) is 0 Å². The fraction of sp³-hybridized carbons (Fsp3) is 0.958. The number of unbranched alkanes of at least 4 members (excludes halogenated alkanes) is 17. The molecule has 0 aromatic carbocycles. The van der Waals surface area contributed by atoms with Gasteiger partial charge in [0.1, 0.15) is 0 Å². The second-order valence-electron chi connectivity index (χ2n) is 8.25. The molecule has 3 N–H and O–H groups in total. The molecule has 3 nitrogen and oxygen atoms in total. The Morgan fingerprint density at radius 3 is 1.48 bits per heavy atom.